The molecule has 0 N–H and O–H groups in total. The van der Waals surface area contributed by atoms with Crippen molar-refractivity contribution in [2.75, 3.05) is 0 Å². The van der Waals surface area contributed by atoms with Crippen molar-refractivity contribution < 1.29 is 4.74 Å². The monoisotopic (exact) mass is 789 g/mol. The lowest BCUT2D eigenvalue weighted by molar-refractivity contribution is 0.436. The smallest absolute Gasteiger partial charge is 0.160 e. The average molecular weight is 790 g/mol. The van der Waals surface area contributed by atoms with Crippen molar-refractivity contribution in [1.29, 1.82) is 5.26 Å². The molecular weight excluding hydrogens is 755 g/mol. The molecule has 4 nitrogen and oxygen atoms in total. The fraction of sp³-hybridized carbons (Fsp3) is 0.0172. The van der Waals surface area contributed by atoms with E-state index in [9.17, 15) is 5.26 Å². The molecule has 0 atom stereocenters. The quantitative estimate of drug-likeness (QED) is 0.174. The third-order valence-electron chi connectivity index (χ3n) is 12.6. The van der Waals surface area contributed by atoms with Gasteiger partial charge in [0.15, 0.2) is 5.82 Å². The Bertz CT molecular complexity index is 3340. The molecule has 4 heteroatoms. The molecule has 2 heterocycles. The molecule has 0 fully saturated rings. The second-order valence-electron chi connectivity index (χ2n) is 15.9. The summed E-state index contributed by atoms with van der Waals surface area (Å²) in [6.45, 7) is 0. The first kappa shape index (κ1) is 35.5. The van der Waals surface area contributed by atoms with Crippen LogP contribution in [0.2, 0.25) is 0 Å². The molecule has 12 rings (SSSR count). The average Bonchev–Trinajstić information content (AvgIpc) is 3.64. The van der Waals surface area contributed by atoms with Gasteiger partial charge in [0.2, 0.25) is 0 Å². The van der Waals surface area contributed by atoms with Crippen LogP contribution in [0.5, 0.6) is 11.5 Å². The van der Waals surface area contributed by atoms with Crippen LogP contribution in [0.15, 0.2) is 212 Å². The van der Waals surface area contributed by atoms with Gasteiger partial charge in [0, 0.05) is 27.8 Å². The summed E-state index contributed by atoms with van der Waals surface area (Å²) in [6.07, 6.45) is 0. The number of hydrogen-bond donors (Lipinski definition) is 0. The second kappa shape index (κ2) is 14.1. The molecular formula is C58H35N3O. The lowest BCUT2D eigenvalue weighted by atomic mass is 9.66. The van der Waals surface area contributed by atoms with E-state index in [4.69, 9.17) is 14.7 Å². The highest BCUT2D eigenvalue weighted by atomic mass is 16.5. The van der Waals surface area contributed by atoms with Crippen molar-refractivity contribution in [2.24, 2.45) is 0 Å². The molecule has 0 radical (unpaired) electrons. The van der Waals surface area contributed by atoms with Gasteiger partial charge >= 0.3 is 0 Å². The van der Waals surface area contributed by atoms with Crippen molar-refractivity contribution in [3.63, 3.8) is 0 Å². The largest absolute Gasteiger partial charge is 0.457 e. The number of hydrogen-bond acceptors (Lipinski definition) is 4. The lowest BCUT2D eigenvalue weighted by Gasteiger charge is -2.39. The van der Waals surface area contributed by atoms with Gasteiger partial charge in [0.25, 0.3) is 0 Å². The molecule has 0 saturated carbocycles. The SMILES string of the molecule is N#Cc1ccc(-c2ccc(-c3cccc4c3-c3cc(-c5cc(-c6ccccc6)nc(-c6ccccc6)n5)ccc3C43c4ccccc4Oc4ccccc43)c3ccccc23)cc1. The fourth-order valence-electron chi connectivity index (χ4n) is 9.91. The first-order valence-corrected chi connectivity index (χ1v) is 20.9. The highest BCUT2D eigenvalue weighted by molar-refractivity contribution is 6.09. The lowest BCUT2D eigenvalue weighted by Crippen LogP contribution is -2.32. The van der Waals surface area contributed by atoms with Gasteiger partial charge in [-0.05, 0) is 91.7 Å². The zero-order valence-electron chi connectivity index (χ0n) is 33.5. The molecule has 0 bridgehead atoms. The maximum Gasteiger partial charge on any atom is 0.160 e. The summed E-state index contributed by atoms with van der Waals surface area (Å²) in [4.78, 5) is 10.4. The Labute approximate surface area is 359 Å². The molecule has 1 aliphatic heterocycles. The first-order chi connectivity index (χ1) is 30.7. The Morgan fingerprint density at radius 2 is 0.952 bits per heavy atom. The van der Waals surface area contributed by atoms with Crippen LogP contribution in [-0.4, -0.2) is 9.97 Å². The standard InChI is InChI=1S/C58H35N3O/c59-36-37-26-28-38(29-27-37)42-31-32-45(44-19-8-7-18-43(42)44)46-20-13-23-51-56(46)47-34-41(53-35-52(39-14-3-1-4-15-39)60-57(61-53)40-16-5-2-6-17-40)30-33-48(47)58(51)49-21-9-11-24-54(49)62-55-25-12-10-22-50(55)58/h1-35H. The minimum absolute atomic E-state index is 0.646. The third kappa shape index (κ3) is 5.39. The Morgan fingerprint density at radius 3 is 1.65 bits per heavy atom. The maximum absolute atomic E-state index is 9.52. The third-order valence-corrected chi connectivity index (χ3v) is 12.6. The van der Waals surface area contributed by atoms with Gasteiger partial charge in [-0.25, -0.2) is 9.97 Å². The van der Waals surface area contributed by atoms with Crippen molar-refractivity contribution >= 4 is 10.8 Å². The van der Waals surface area contributed by atoms with Crippen molar-refractivity contribution in [1.82, 2.24) is 9.97 Å². The van der Waals surface area contributed by atoms with Gasteiger partial charge in [0.05, 0.1) is 28.4 Å². The highest BCUT2D eigenvalue weighted by Gasteiger charge is 2.51. The van der Waals surface area contributed by atoms with E-state index in [0.717, 1.165) is 89.3 Å². The van der Waals surface area contributed by atoms with E-state index >= 15 is 0 Å². The Morgan fingerprint density at radius 1 is 0.387 bits per heavy atom. The number of nitrogens with zero attached hydrogens (tertiary/aromatic N) is 3. The Hall–Kier alpha value is -8.39. The number of nitriles is 1. The minimum Gasteiger partial charge on any atom is -0.457 e. The molecule has 0 saturated heterocycles. The van der Waals surface area contributed by atoms with E-state index in [2.05, 4.69) is 170 Å². The molecule has 10 aromatic rings. The topological polar surface area (TPSA) is 58.8 Å². The van der Waals surface area contributed by atoms with Gasteiger partial charge in [-0.1, -0.05) is 176 Å². The fourth-order valence-corrected chi connectivity index (χ4v) is 9.91. The number of para-hydroxylation sites is 2. The van der Waals surface area contributed by atoms with Crippen molar-refractivity contribution in [2.45, 2.75) is 5.41 Å². The molecule has 0 amide bonds. The summed E-state index contributed by atoms with van der Waals surface area (Å²) < 4.78 is 6.71. The number of benzene rings is 9. The summed E-state index contributed by atoms with van der Waals surface area (Å²) in [5.41, 5.74) is 16.2. The molecule has 9 aromatic carbocycles. The van der Waals surface area contributed by atoms with E-state index in [0.29, 0.717) is 11.4 Å². The zero-order valence-corrected chi connectivity index (χ0v) is 33.5. The zero-order chi connectivity index (χ0) is 41.2. The predicted octanol–water partition coefficient (Wildman–Crippen LogP) is 14.3. The van der Waals surface area contributed by atoms with E-state index in [1.807, 2.05) is 48.5 Å². The summed E-state index contributed by atoms with van der Waals surface area (Å²) in [5.74, 6) is 2.39. The van der Waals surface area contributed by atoms with Crippen molar-refractivity contribution in [3.05, 3.63) is 240 Å². The summed E-state index contributed by atoms with van der Waals surface area (Å²) >= 11 is 0. The molecule has 2 aliphatic rings. The molecule has 1 aromatic heterocycles. The Balaban J connectivity index is 1.15. The predicted molar refractivity (Wildman–Crippen MR) is 249 cm³/mol. The number of rotatable bonds is 5. The van der Waals surface area contributed by atoms with E-state index in [-0.39, 0.29) is 0 Å². The minimum atomic E-state index is -0.654. The van der Waals surface area contributed by atoms with Crippen LogP contribution in [0.25, 0.3) is 78.1 Å². The van der Waals surface area contributed by atoms with Gasteiger partial charge in [-0.2, -0.15) is 5.26 Å². The number of fused-ring (bicyclic) bond motifs is 10. The molecule has 1 spiro atoms. The van der Waals surface area contributed by atoms with Crippen LogP contribution in [0.3, 0.4) is 0 Å². The summed E-state index contributed by atoms with van der Waals surface area (Å²) in [7, 11) is 0. The van der Waals surface area contributed by atoms with E-state index in [1.54, 1.807) is 0 Å². The van der Waals surface area contributed by atoms with Gasteiger partial charge < -0.3 is 4.74 Å². The molecule has 288 valence electrons. The van der Waals surface area contributed by atoms with Gasteiger partial charge in [-0.3, -0.25) is 0 Å². The van der Waals surface area contributed by atoms with Crippen LogP contribution in [0.1, 0.15) is 27.8 Å². The second-order valence-corrected chi connectivity index (χ2v) is 15.9. The number of aromatic nitrogens is 2. The highest BCUT2D eigenvalue weighted by Crippen LogP contribution is 2.64. The van der Waals surface area contributed by atoms with Crippen LogP contribution < -0.4 is 4.74 Å². The van der Waals surface area contributed by atoms with E-state index < -0.39 is 5.41 Å². The van der Waals surface area contributed by atoms with E-state index in [1.165, 1.54) is 16.7 Å². The molecule has 62 heavy (non-hydrogen) atoms. The van der Waals surface area contributed by atoms with Crippen LogP contribution in [0.4, 0.5) is 0 Å². The number of ether oxygens (including phenoxy) is 1. The van der Waals surface area contributed by atoms with Gasteiger partial charge in [-0.15, -0.1) is 0 Å². The summed E-state index contributed by atoms with van der Waals surface area (Å²) in [6, 6.07) is 76.7. The molecule has 1 aliphatic carbocycles. The van der Waals surface area contributed by atoms with Crippen molar-refractivity contribution in [3.8, 4) is 84.9 Å². The van der Waals surface area contributed by atoms with Gasteiger partial charge in [0.1, 0.15) is 11.5 Å². The van der Waals surface area contributed by atoms with Crippen LogP contribution >= 0.6 is 0 Å². The Kier molecular flexibility index (Phi) is 8.10. The first-order valence-electron chi connectivity index (χ1n) is 20.9. The van der Waals surface area contributed by atoms with Crippen LogP contribution in [0, 0.1) is 11.3 Å². The molecule has 0 unspecified atom stereocenters. The normalized spacial score (nSPS) is 12.8. The maximum atomic E-state index is 9.52. The van der Waals surface area contributed by atoms with Crippen LogP contribution in [-0.2, 0) is 5.41 Å². The summed E-state index contributed by atoms with van der Waals surface area (Å²) in [5, 5.41) is 11.8.